The van der Waals surface area contributed by atoms with Crippen molar-refractivity contribution in [1.82, 2.24) is 4.73 Å². The zero-order valence-electron chi connectivity index (χ0n) is 9.23. The van der Waals surface area contributed by atoms with Gasteiger partial charge in [0.1, 0.15) is 17.7 Å². The minimum absolute atomic E-state index is 0.299. The molecular formula is C11H10INO3S. The van der Waals surface area contributed by atoms with Crippen molar-refractivity contribution in [2.75, 3.05) is 13.4 Å². The van der Waals surface area contributed by atoms with Gasteiger partial charge in [0.25, 0.3) is 0 Å². The van der Waals surface area contributed by atoms with E-state index < -0.39 is 5.97 Å². The van der Waals surface area contributed by atoms with Crippen LogP contribution in [0.15, 0.2) is 23.2 Å². The molecule has 1 aromatic heterocycles. The Labute approximate surface area is 116 Å². The van der Waals surface area contributed by atoms with Crippen LogP contribution >= 0.6 is 34.4 Å². The van der Waals surface area contributed by atoms with Crippen LogP contribution in [0.5, 0.6) is 0 Å². The van der Waals surface area contributed by atoms with E-state index in [0.717, 1.165) is 9.09 Å². The average molecular weight is 363 g/mol. The summed E-state index contributed by atoms with van der Waals surface area (Å²) in [6, 6.07) is 5.65. The van der Waals surface area contributed by atoms with E-state index in [2.05, 4.69) is 22.6 Å². The molecule has 90 valence electrons. The quantitative estimate of drug-likeness (QED) is 0.673. The number of rotatable bonds is 3. The summed E-state index contributed by atoms with van der Waals surface area (Å²) in [6.07, 6.45) is 1.83. The third kappa shape index (κ3) is 1.99. The molecule has 0 radical (unpaired) electrons. The van der Waals surface area contributed by atoms with Gasteiger partial charge in [0.15, 0.2) is 0 Å². The van der Waals surface area contributed by atoms with Gasteiger partial charge in [-0.3, -0.25) is 0 Å². The van der Waals surface area contributed by atoms with Crippen LogP contribution in [0.3, 0.4) is 0 Å². The number of nitrogens with zero attached hydrogens (tertiary/aromatic N) is 1. The Kier molecular flexibility index (Phi) is 3.53. The summed E-state index contributed by atoms with van der Waals surface area (Å²) in [7, 11) is 1.53. The summed E-state index contributed by atoms with van der Waals surface area (Å²) in [4.78, 5) is 16.6. The lowest BCUT2D eigenvalue weighted by Crippen LogP contribution is -2.07. The monoisotopic (exact) mass is 363 g/mol. The molecule has 0 amide bonds. The number of hydrogen-bond acceptors (Lipinski definition) is 3. The van der Waals surface area contributed by atoms with Crippen molar-refractivity contribution in [3.8, 4) is 0 Å². The van der Waals surface area contributed by atoms with Gasteiger partial charge in [-0.25, -0.2) is 4.79 Å². The second-order valence-corrected chi connectivity index (χ2v) is 5.37. The molecule has 1 aromatic carbocycles. The van der Waals surface area contributed by atoms with Crippen LogP contribution in [0.2, 0.25) is 0 Å². The SMILES string of the molecule is COn1c(SC)c(C(=O)O)c2cc(I)ccc21. The van der Waals surface area contributed by atoms with Crippen LogP contribution < -0.4 is 4.84 Å². The molecule has 1 heterocycles. The van der Waals surface area contributed by atoms with E-state index in [-0.39, 0.29) is 0 Å². The number of carboxylic acid groups (broad SMARTS) is 1. The predicted octanol–water partition coefficient (Wildman–Crippen LogP) is 2.72. The number of hydrogen-bond donors (Lipinski definition) is 1. The smallest absolute Gasteiger partial charge is 0.339 e. The molecule has 0 saturated heterocycles. The van der Waals surface area contributed by atoms with Crippen LogP contribution in [0.25, 0.3) is 10.9 Å². The molecule has 0 saturated carbocycles. The molecular weight excluding hydrogens is 353 g/mol. The lowest BCUT2D eigenvalue weighted by molar-refractivity contribution is 0.0688. The van der Waals surface area contributed by atoms with Crippen molar-refractivity contribution in [1.29, 1.82) is 0 Å². The Morgan fingerprint density at radius 3 is 2.76 bits per heavy atom. The second-order valence-electron chi connectivity index (χ2n) is 3.33. The normalized spacial score (nSPS) is 10.8. The van der Waals surface area contributed by atoms with Crippen molar-refractivity contribution in [3.05, 3.63) is 27.3 Å². The van der Waals surface area contributed by atoms with Gasteiger partial charge in [-0.1, -0.05) is 0 Å². The first-order valence-corrected chi connectivity index (χ1v) is 7.06. The number of halogens is 1. The van der Waals surface area contributed by atoms with E-state index in [1.54, 1.807) is 4.73 Å². The number of carbonyl (C=O) groups is 1. The predicted molar refractivity (Wildman–Crippen MR) is 75.9 cm³/mol. The third-order valence-electron chi connectivity index (χ3n) is 2.43. The zero-order valence-corrected chi connectivity index (χ0v) is 12.2. The summed E-state index contributed by atoms with van der Waals surface area (Å²) < 4.78 is 2.55. The topological polar surface area (TPSA) is 51.5 Å². The summed E-state index contributed by atoms with van der Waals surface area (Å²) in [5.41, 5.74) is 1.07. The van der Waals surface area contributed by atoms with Gasteiger partial charge in [0, 0.05) is 8.96 Å². The summed E-state index contributed by atoms with van der Waals surface area (Å²) in [6.45, 7) is 0. The van der Waals surface area contributed by atoms with E-state index in [1.165, 1.54) is 18.9 Å². The largest absolute Gasteiger partial charge is 0.478 e. The Bertz CT molecular complexity index is 594. The van der Waals surface area contributed by atoms with Crippen molar-refractivity contribution >= 4 is 51.2 Å². The van der Waals surface area contributed by atoms with Crippen LogP contribution in [0, 0.1) is 3.57 Å². The third-order valence-corrected chi connectivity index (χ3v) is 3.86. The highest BCUT2D eigenvalue weighted by molar-refractivity contribution is 14.1. The Morgan fingerprint density at radius 2 is 2.24 bits per heavy atom. The zero-order chi connectivity index (χ0) is 12.6. The van der Waals surface area contributed by atoms with Crippen molar-refractivity contribution < 1.29 is 14.7 Å². The molecule has 0 fully saturated rings. The second kappa shape index (κ2) is 4.77. The van der Waals surface area contributed by atoms with Gasteiger partial charge in [-0.15, -0.1) is 11.8 Å². The van der Waals surface area contributed by atoms with E-state index >= 15 is 0 Å². The van der Waals surface area contributed by atoms with Gasteiger partial charge >= 0.3 is 5.97 Å². The van der Waals surface area contributed by atoms with Gasteiger partial charge in [0.05, 0.1) is 5.52 Å². The highest BCUT2D eigenvalue weighted by atomic mass is 127. The Morgan fingerprint density at radius 1 is 1.53 bits per heavy atom. The van der Waals surface area contributed by atoms with Crippen LogP contribution in [0.1, 0.15) is 10.4 Å². The van der Waals surface area contributed by atoms with E-state index in [1.807, 2.05) is 24.5 Å². The number of thioether (sulfide) groups is 1. The summed E-state index contributed by atoms with van der Waals surface area (Å²) in [5, 5.41) is 10.6. The standard InChI is InChI=1S/C11H10INO3S/c1-16-13-8-4-3-6(12)5-7(8)9(11(14)15)10(13)17-2/h3-5H,1-2H3,(H,14,15). The Hall–Kier alpha value is -0.890. The van der Waals surface area contributed by atoms with Gasteiger partial charge in [0.2, 0.25) is 0 Å². The lowest BCUT2D eigenvalue weighted by atomic mass is 10.2. The van der Waals surface area contributed by atoms with Crippen LogP contribution in [-0.2, 0) is 0 Å². The van der Waals surface area contributed by atoms with E-state index in [0.29, 0.717) is 16.0 Å². The number of aromatic nitrogens is 1. The van der Waals surface area contributed by atoms with Crippen molar-refractivity contribution in [2.45, 2.75) is 5.03 Å². The molecule has 0 atom stereocenters. The molecule has 1 N–H and O–H groups in total. The molecule has 0 bridgehead atoms. The first-order valence-electron chi connectivity index (χ1n) is 4.76. The number of benzene rings is 1. The number of aromatic carboxylic acids is 1. The fraction of sp³-hybridized carbons (Fsp3) is 0.182. The molecule has 4 nitrogen and oxygen atoms in total. The van der Waals surface area contributed by atoms with Gasteiger partial charge in [-0.2, -0.15) is 4.73 Å². The van der Waals surface area contributed by atoms with Crippen molar-refractivity contribution in [3.63, 3.8) is 0 Å². The highest BCUT2D eigenvalue weighted by Crippen LogP contribution is 2.32. The van der Waals surface area contributed by atoms with Crippen LogP contribution in [0.4, 0.5) is 0 Å². The molecule has 0 aliphatic carbocycles. The maximum atomic E-state index is 11.4. The number of fused-ring (bicyclic) bond motifs is 1. The molecule has 2 aromatic rings. The minimum atomic E-state index is -0.933. The molecule has 2 rings (SSSR count). The van der Waals surface area contributed by atoms with E-state index in [4.69, 9.17) is 4.84 Å². The van der Waals surface area contributed by atoms with E-state index in [9.17, 15) is 9.90 Å². The van der Waals surface area contributed by atoms with Crippen molar-refractivity contribution in [2.24, 2.45) is 0 Å². The number of carboxylic acids is 1. The molecule has 0 spiro atoms. The summed E-state index contributed by atoms with van der Waals surface area (Å²) in [5.74, 6) is -0.933. The van der Waals surface area contributed by atoms with Crippen LogP contribution in [-0.4, -0.2) is 29.2 Å². The molecule has 0 aliphatic heterocycles. The minimum Gasteiger partial charge on any atom is -0.478 e. The molecule has 6 heteroatoms. The lowest BCUT2D eigenvalue weighted by Gasteiger charge is -2.06. The Balaban J connectivity index is 2.92. The maximum Gasteiger partial charge on any atom is 0.339 e. The molecule has 0 unspecified atom stereocenters. The highest BCUT2D eigenvalue weighted by Gasteiger charge is 2.22. The maximum absolute atomic E-state index is 11.4. The molecule has 0 aliphatic rings. The van der Waals surface area contributed by atoms with Gasteiger partial charge in [-0.05, 0) is 47.0 Å². The first kappa shape index (κ1) is 12.6. The fourth-order valence-corrected chi connectivity index (χ4v) is 3.02. The molecule has 17 heavy (non-hydrogen) atoms. The average Bonchev–Trinajstić information content (AvgIpc) is 2.61. The summed E-state index contributed by atoms with van der Waals surface area (Å²) >= 11 is 3.52. The van der Waals surface area contributed by atoms with Gasteiger partial charge < -0.3 is 9.94 Å². The fourth-order valence-electron chi connectivity index (χ4n) is 1.78. The first-order chi connectivity index (χ1) is 8.10.